The molecule has 1 heterocycles. The lowest BCUT2D eigenvalue weighted by Crippen LogP contribution is -1.97. The van der Waals surface area contributed by atoms with Crippen molar-refractivity contribution in [2.45, 2.75) is 6.92 Å². The van der Waals surface area contributed by atoms with E-state index in [2.05, 4.69) is 15.3 Å². The van der Waals surface area contributed by atoms with Gasteiger partial charge in [-0.15, -0.1) is 0 Å². The second-order valence-electron chi connectivity index (χ2n) is 4.94. The number of aromatic nitrogens is 3. The van der Waals surface area contributed by atoms with Gasteiger partial charge in [0.15, 0.2) is 5.82 Å². The number of aryl methyl sites for hydroxylation is 1. The number of H-pyrrole nitrogens is 1. The van der Waals surface area contributed by atoms with E-state index in [1.54, 1.807) is 0 Å². The Morgan fingerprint density at radius 3 is 2.61 bits per heavy atom. The second-order valence-corrected chi connectivity index (χ2v) is 5.33. The zero-order valence-corrected chi connectivity index (χ0v) is 12.9. The molecule has 0 aliphatic carbocycles. The first-order valence-electron chi connectivity index (χ1n) is 6.78. The monoisotopic (exact) mass is 330 g/mol. The Hall–Kier alpha value is -2.67. The van der Waals surface area contributed by atoms with Crippen molar-refractivity contribution in [3.63, 3.8) is 0 Å². The molecule has 0 aliphatic heterocycles. The van der Waals surface area contributed by atoms with Crippen LogP contribution in [0.25, 0.3) is 11.4 Å². The van der Waals surface area contributed by atoms with Gasteiger partial charge in [0.2, 0.25) is 4.77 Å². The quantitative estimate of drug-likeness (QED) is 0.581. The molecule has 23 heavy (non-hydrogen) atoms. The Morgan fingerprint density at radius 2 is 1.91 bits per heavy atom. The highest BCUT2D eigenvalue weighted by Crippen LogP contribution is 2.18. The van der Waals surface area contributed by atoms with Crippen molar-refractivity contribution in [1.29, 1.82) is 0 Å². The highest BCUT2D eigenvalue weighted by atomic mass is 32.1. The molecule has 0 amide bonds. The Bertz CT molecular complexity index is 926. The van der Waals surface area contributed by atoms with Crippen LogP contribution in [0.3, 0.4) is 0 Å². The van der Waals surface area contributed by atoms with Gasteiger partial charge in [-0.3, -0.25) is 0 Å². The normalized spacial score (nSPS) is 11.3. The minimum atomic E-state index is -0.694. The Morgan fingerprint density at radius 1 is 1.17 bits per heavy atom. The lowest BCUT2D eigenvalue weighted by Gasteiger charge is -2.02. The number of hydrogen-bond donors (Lipinski definition) is 1. The zero-order valence-electron chi connectivity index (χ0n) is 12.1. The SMILES string of the molecule is Cc1ccc(-c2n[nH]c(=S)n2/N=C\c2ccc(F)cc2F)cc1. The van der Waals surface area contributed by atoms with Gasteiger partial charge in [0.1, 0.15) is 11.6 Å². The number of hydrogen-bond acceptors (Lipinski definition) is 3. The van der Waals surface area contributed by atoms with Gasteiger partial charge in [0.25, 0.3) is 0 Å². The van der Waals surface area contributed by atoms with E-state index >= 15 is 0 Å². The molecule has 7 heteroatoms. The molecule has 0 unspecified atom stereocenters. The number of halogens is 2. The minimum Gasteiger partial charge on any atom is -0.250 e. The summed E-state index contributed by atoms with van der Waals surface area (Å²) in [7, 11) is 0. The van der Waals surface area contributed by atoms with Gasteiger partial charge in [0.05, 0.1) is 6.21 Å². The van der Waals surface area contributed by atoms with E-state index in [9.17, 15) is 8.78 Å². The van der Waals surface area contributed by atoms with Crippen molar-refractivity contribution in [3.05, 3.63) is 70.0 Å². The van der Waals surface area contributed by atoms with E-state index in [0.717, 1.165) is 17.2 Å². The fourth-order valence-corrected chi connectivity index (χ4v) is 2.19. The standard InChI is InChI=1S/C16H12F2N4S/c1-10-2-4-11(5-3-10)15-20-21-16(23)22(15)19-9-12-6-7-13(17)8-14(12)18/h2-9H,1H3,(H,21,23)/b19-9-. The highest BCUT2D eigenvalue weighted by Gasteiger charge is 2.08. The van der Waals surface area contributed by atoms with Crippen molar-refractivity contribution >= 4 is 18.4 Å². The van der Waals surface area contributed by atoms with Crippen LogP contribution in [-0.4, -0.2) is 21.1 Å². The summed E-state index contributed by atoms with van der Waals surface area (Å²) in [5.74, 6) is -0.825. The highest BCUT2D eigenvalue weighted by molar-refractivity contribution is 7.71. The van der Waals surface area contributed by atoms with Crippen LogP contribution < -0.4 is 0 Å². The maximum atomic E-state index is 13.7. The molecule has 4 nitrogen and oxygen atoms in total. The number of rotatable bonds is 3. The van der Waals surface area contributed by atoms with Crippen LogP contribution in [0, 0.1) is 23.3 Å². The third kappa shape index (κ3) is 3.24. The number of benzene rings is 2. The lowest BCUT2D eigenvalue weighted by atomic mass is 10.1. The molecule has 0 fully saturated rings. The molecule has 0 saturated heterocycles. The van der Waals surface area contributed by atoms with E-state index in [0.29, 0.717) is 5.82 Å². The summed E-state index contributed by atoms with van der Waals surface area (Å²) in [5.41, 5.74) is 2.09. The summed E-state index contributed by atoms with van der Waals surface area (Å²) in [4.78, 5) is 0. The molecule has 0 bridgehead atoms. The van der Waals surface area contributed by atoms with Crippen molar-refractivity contribution in [2.75, 3.05) is 0 Å². The van der Waals surface area contributed by atoms with E-state index < -0.39 is 11.6 Å². The van der Waals surface area contributed by atoms with Crippen LogP contribution in [-0.2, 0) is 0 Å². The molecule has 116 valence electrons. The molecule has 3 rings (SSSR count). The Labute approximate surface area is 136 Å². The number of nitrogens with one attached hydrogen (secondary N) is 1. The molecular formula is C16H12F2N4S. The molecular weight excluding hydrogens is 318 g/mol. The number of nitrogens with zero attached hydrogens (tertiary/aromatic N) is 3. The van der Waals surface area contributed by atoms with Gasteiger partial charge in [-0.1, -0.05) is 29.8 Å². The van der Waals surface area contributed by atoms with Gasteiger partial charge in [-0.2, -0.15) is 14.9 Å². The average molecular weight is 330 g/mol. The van der Waals surface area contributed by atoms with Gasteiger partial charge < -0.3 is 0 Å². The first-order valence-corrected chi connectivity index (χ1v) is 7.19. The van der Waals surface area contributed by atoms with Crippen LogP contribution in [0.1, 0.15) is 11.1 Å². The summed E-state index contributed by atoms with van der Waals surface area (Å²) in [6, 6.07) is 11.0. The van der Waals surface area contributed by atoms with Crippen molar-refractivity contribution in [1.82, 2.24) is 14.9 Å². The molecule has 0 radical (unpaired) electrons. The van der Waals surface area contributed by atoms with E-state index in [-0.39, 0.29) is 10.3 Å². The summed E-state index contributed by atoms with van der Waals surface area (Å²) in [6.45, 7) is 1.98. The lowest BCUT2D eigenvalue weighted by molar-refractivity contribution is 0.582. The predicted molar refractivity (Wildman–Crippen MR) is 86.9 cm³/mol. The molecule has 1 aromatic heterocycles. The molecule has 0 atom stereocenters. The molecule has 0 spiro atoms. The van der Waals surface area contributed by atoms with Gasteiger partial charge >= 0.3 is 0 Å². The molecule has 2 aromatic carbocycles. The topological polar surface area (TPSA) is 46.0 Å². The van der Waals surface area contributed by atoms with Gasteiger partial charge in [-0.05, 0) is 31.3 Å². The molecule has 0 saturated carbocycles. The first-order chi connectivity index (χ1) is 11.0. The average Bonchev–Trinajstić information content (AvgIpc) is 2.88. The van der Waals surface area contributed by atoms with Crippen molar-refractivity contribution in [3.8, 4) is 11.4 Å². The summed E-state index contributed by atoms with van der Waals surface area (Å²) < 4.78 is 28.2. The largest absolute Gasteiger partial charge is 0.250 e. The maximum absolute atomic E-state index is 13.7. The second kappa shape index (κ2) is 6.21. The third-order valence-electron chi connectivity index (χ3n) is 3.23. The fraction of sp³-hybridized carbons (Fsp3) is 0.0625. The van der Waals surface area contributed by atoms with Crippen molar-refractivity contribution in [2.24, 2.45) is 5.10 Å². The molecule has 0 aliphatic rings. The zero-order chi connectivity index (χ0) is 16.4. The first kappa shape index (κ1) is 15.2. The molecule has 3 aromatic rings. The van der Waals surface area contributed by atoms with Crippen molar-refractivity contribution < 1.29 is 8.78 Å². The predicted octanol–water partition coefficient (Wildman–Crippen LogP) is 4.08. The summed E-state index contributed by atoms with van der Waals surface area (Å²) >= 11 is 5.15. The minimum absolute atomic E-state index is 0.157. The molecule has 1 N–H and O–H groups in total. The fourth-order valence-electron chi connectivity index (χ4n) is 2.01. The smallest absolute Gasteiger partial charge is 0.216 e. The van der Waals surface area contributed by atoms with Crippen LogP contribution in [0.4, 0.5) is 8.78 Å². The van der Waals surface area contributed by atoms with Gasteiger partial charge in [0, 0.05) is 17.2 Å². The Balaban J connectivity index is 2.00. The van der Waals surface area contributed by atoms with E-state index in [4.69, 9.17) is 12.2 Å². The van der Waals surface area contributed by atoms with E-state index in [1.807, 2.05) is 31.2 Å². The van der Waals surface area contributed by atoms with Crippen LogP contribution in [0.5, 0.6) is 0 Å². The maximum Gasteiger partial charge on any atom is 0.216 e. The van der Waals surface area contributed by atoms with Gasteiger partial charge in [-0.25, -0.2) is 13.9 Å². The Kier molecular flexibility index (Phi) is 4.12. The van der Waals surface area contributed by atoms with Crippen LogP contribution in [0.2, 0.25) is 0 Å². The van der Waals surface area contributed by atoms with Crippen LogP contribution >= 0.6 is 12.2 Å². The summed E-state index contributed by atoms with van der Waals surface area (Å²) in [5, 5.41) is 11.0. The van der Waals surface area contributed by atoms with E-state index in [1.165, 1.54) is 23.0 Å². The van der Waals surface area contributed by atoms with Crippen LogP contribution in [0.15, 0.2) is 47.6 Å². The summed E-state index contributed by atoms with van der Waals surface area (Å²) in [6.07, 6.45) is 1.28. The third-order valence-corrected chi connectivity index (χ3v) is 3.50. The number of aromatic amines is 1.